The summed E-state index contributed by atoms with van der Waals surface area (Å²) in [5, 5.41) is 0. The van der Waals surface area contributed by atoms with E-state index in [0.29, 0.717) is 6.42 Å². The Morgan fingerprint density at radius 3 is 1.83 bits per heavy atom. The summed E-state index contributed by atoms with van der Waals surface area (Å²) in [6, 6.07) is 0. The van der Waals surface area contributed by atoms with Crippen LogP contribution >= 0.6 is 0 Å². The van der Waals surface area contributed by atoms with Crippen molar-refractivity contribution >= 4 is 5.97 Å². The van der Waals surface area contributed by atoms with E-state index in [4.69, 9.17) is 0 Å². The summed E-state index contributed by atoms with van der Waals surface area (Å²) in [5.74, 6) is -0.0763. The molecule has 0 fully saturated rings. The largest absolute Gasteiger partial charge is 0.469 e. The second-order valence-electron chi connectivity index (χ2n) is 6.26. The minimum atomic E-state index is -0.0763. The maximum atomic E-state index is 10.9. The highest BCUT2D eigenvalue weighted by atomic mass is 16.5. The van der Waals surface area contributed by atoms with Crippen LogP contribution in [-0.4, -0.2) is 13.1 Å². The molecule has 0 aromatic heterocycles. The molecule has 0 radical (unpaired) electrons. The zero-order valence-electron chi connectivity index (χ0n) is 15.5. The fraction of sp³-hybridized carbons (Fsp3) is 0.762. The molecule has 0 aliphatic heterocycles. The summed E-state index contributed by atoms with van der Waals surface area (Å²) in [6.45, 7) is 2.25. The van der Waals surface area contributed by atoms with Gasteiger partial charge in [0.15, 0.2) is 0 Å². The number of rotatable bonds is 16. The molecule has 0 amide bonds. The van der Waals surface area contributed by atoms with Crippen molar-refractivity contribution in [3.8, 4) is 0 Å². The Labute approximate surface area is 144 Å². The summed E-state index contributed by atoms with van der Waals surface area (Å²) in [5.41, 5.74) is 0. The lowest BCUT2D eigenvalue weighted by molar-refractivity contribution is -0.140. The number of methoxy groups -OCH3 is 1. The Kier molecular flexibility index (Phi) is 18.1. The minimum Gasteiger partial charge on any atom is -0.469 e. The van der Waals surface area contributed by atoms with E-state index in [-0.39, 0.29) is 5.97 Å². The topological polar surface area (TPSA) is 26.3 Å². The number of hydrogen-bond donors (Lipinski definition) is 0. The van der Waals surface area contributed by atoms with Crippen molar-refractivity contribution in [1.29, 1.82) is 0 Å². The molecule has 0 N–H and O–H groups in total. The smallest absolute Gasteiger partial charge is 0.305 e. The number of allylic oxidation sites excluding steroid dienone is 4. The third kappa shape index (κ3) is 18.9. The normalized spacial score (nSPS) is 11.6. The van der Waals surface area contributed by atoms with Crippen molar-refractivity contribution in [2.45, 2.75) is 96.8 Å². The molecule has 2 nitrogen and oxygen atoms in total. The van der Waals surface area contributed by atoms with Crippen LogP contribution in [0.5, 0.6) is 0 Å². The molecule has 0 aliphatic rings. The molecule has 2 heteroatoms. The lowest BCUT2D eigenvalue weighted by atomic mass is 10.1. The Morgan fingerprint density at radius 1 is 0.739 bits per heavy atom. The molecule has 0 atom stereocenters. The molecule has 0 saturated carbocycles. The summed E-state index contributed by atoms with van der Waals surface area (Å²) in [6.07, 6.45) is 26.0. The van der Waals surface area contributed by atoms with Crippen LogP contribution in [0.1, 0.15) is 96.8 Å². The number of esters is 1. The van der Waals surface area contributed by atoms with Gasteiger partial charge in [-0.2, -0.15) is 0 Å². The molecule has 0 heterocycles. The first kappa shape index (κ1) is 21.9. The third-order valence-electron chi connectivity index (χ3n) is 4.06. The summed E-state index contributed by atoms with van der Waals surface area (Å²) in [7, 11) is 1.46. The third-order valence-corrected chi connectivity index (χ3v) is 4.06. The highest BCUT2D eigenvalue weighted by Crippen LogP contribution is 2.10. The van der Waals surface area contributed by atoms with Crippen molar-refractivity contribution < 1.29 is 9.53 Å². The van der Waals surface area contributed by atoms with Crippen molar-refractivity contribution in [3.63, 3.8) is 0 Å². The monoisotopic (exact) mass is 322 g/mol. The Hall–Kier alpha value is -1.05. The van der Waals surface area contributed by atoms with E-state index in [1.165, 1.54) is 71.3 Å². The predicted molar refractivity (Wildman–Crippen MR) is 101 cm³/mol. The van der Waals surface area contributed by atoms with Gasteiger partial charge in [-0.05, 0) is 38.5 Å². The molecule has 0 aromatic carbocycles. The van der Waals surface area contributed by atoms with Crippen LogP contribution in [0.4, 0.5) is 0 Å². The zero-order valence-corrected chi connectivity index (χ0v) is 15.5. The molecule has 0 bridgehead atoms. The van der Waals surface area contributed by atoms with Crippen LogP contribution in [0, 0.1) is 0 Å². The van der Waals surface area contributed by atoms with Crippen LogP contribution in [0.3, 0.4) is 0 Å². The molecule has 134 valence electrons. The van der Waals surface area contributed by atoms with Crippen molar-refractivity contribution in [3.05, 3.63) is 24.3 Å². The van der Waals surface area contributed by atoms with Crippen LogP contribution in [-0.2, 0) is 9.53 Å². The quantitative estimate of drug-likeness (QED) is 0.178. The predicted octanol–water partition coefficient (Wildman–Crippen LogP) is 6.75. The molecule has 0 aromatic rings. The average molecular weight is 323 g/mol. The van der Waals surface area contributed by atoms with Gasteiger partial charge in [-0.1, -0.05) is 76.2 Å². The van der Waals surface area contributed by atoms with E-state index in [1.54, 1.807) is 0 Å². The van der Waals surface area contributed by atoms with Gasteiger partial charge in [0.05, 0.1) is 7.11 Å². The zero-order chi connectivity index (χ0) is 17.0. The lowest BCUT2D eigenvalue weighted by Crippen LogP contribution is -1.99. The van der Waals surface area contributed by atoms with Gasteiger partial charge in [0.2, 0.25) is 0 Å². The van der Waals surface area contributed by atoms with Crippen LogP contribution < -0.4 is 0 Å². The van der Waals surface area contributed by atoms with Gasteiger partial charge in [-0.25, -0.2) is 0 Å². The maximum Gasteiger partial charge on any atom is 0.305 e. The van der Waals surface area contributed by atoms with Crippen molar-refractivity contribution in [2.24, 2.45) is 0 Å². The number of hydrogen-bond acceptors (Lipinski definition) is 2. The van der Waals surface area contributed by atoms with E-state index in [1.807, 2.05) is 0 Å². The SMILES string of the molecule is CCCCCC=CCC=CCCCCCCCCCC(=O)OC. The maximum absolute atomic E-state index is 10.9. The number of carbonyl (C=O) groups is 1. The fourth-order valence-electron chi connectivity index (χ4n) is 2.54. The molecular formula is C21H38O2. The van der Waals surface area contributed by atoms with Gasteiger partial charge < -0.3 is 4.74 Å². The molecule has 0 rings (SSSR count). The summed E-state index contributed by atoms with van der Waals surface area (Å²) < 4.78 is 4.63. The van der Waals surface area contributed by atoms with Gasteiger partial charge in [0, 0.05) is 6.42 Å². The van der Waals surface area contributed by atoms with E-state index in [0.717, 1.165) is 19.3 Å². The number of ether oxygens (including phenoxy) is 1. The lowest BCUT2D eigenvalue weighted by Gasteiger charge is -2.01. The highest BCUT2D eigenvalue weighted by molar-refractivity contribution is 5.68. The standard InChI is InChI=1S/C21H38O2/c1-3-4-5-6-7-8-9-10-11-12-13-14-15-16-17-18-19-20-21(22)23-2/h7-8,10-11H,3-6,9,12-20H2,1-2H3. The Morgan fingerprint density at radius 2 is 1.26 bits per heavy atom. The molecule has 0 saturated heterocycles. The van der Waals surface area contributed by atoms with Gasteiger partial charge in [0.1, 0.15) is 0 Å². The van der Waals surface area contributed by atoms with Crippen molar-refractivity contribution in [1.82, 2.24) is 0 Å². The first-order valence-electron chi connectivity index (χ1n) is 9.68. The first-order chi connectivity index (χ1) is 11.3. The van der Waals surface area contributed by atoms with Gasteiger partial charge in [0.25, 0.3) is 0 Å². The second-order valence-corrected chi connectivity index (χ2v) is 6.26. The highest BCUT2D eigenvalue weighted by Gasteiger charge is 1.98. The summed E-state index contributed by atoms with van der Waals surface area (Å²) in [4.78, 5) is 10.9. The fourth-order valence-corrected chi connectivity index (χ4v) is 2.54. The minimum absolute atomic E-state index is 0.0763. The van der Waals surface area contributed by atoms with Gasteiger partial charge in [-0.15, -0.1) is 0 Å². The van der Waals surface area contributed by atoms with E-state index in [2.05, 4.69) is 36.0 Å². The van der Waals surface area contributed by atoms with Crippen LogP contribution in [0.2, 0.25) is 0 Å². The Balaban J connectivity index is 3.17. The van der Waals surface area contributed by atoms with Gasteiger partial charge >= 0.3 is 5.97 Å². The van der Waals surface area contributed by atoms with Crippen LogP contribution in [0.25, 0.3) is 0 Å². The van der Waals surface area contributed by atoms with Crippen molar-refractivity contribution in [2.75, 3.05) is 7.11 Å². The molecule has 0 unspecified atom stereocenters. The summed E-state index contributed by atoms with van der Waals surface area (Å²) >= 11 is 0. The molecule has 0 spiro atoms. The van der Waals surface area contributed by atoms with E-state index in [9.17, 15) is 4.79 Å². The average Bonchev–Trinajstić information content (AvgIpc) is 2.57. The molecule has 23 heavy (non-hydrogen) atoms. The van der Waals surface area contributed by atoms with E-state index < -0.39 is 0 Å². The van der Waals surface area contributed by atoms with Gasteiger partial charge in [-0.3, -0.25) is 4.79 Å². The molecular weight excluding hydrogens is 284 g/mol. The number of unbranched alkanes of at least 4 members (excludes halogenated alkanes) is 10. The first-order valence-corrected chi connectivity index (χ1v) is 9.68. The number of carbonyl (C=O) groups excluding carboxylic acids is 1. The molecule has 0 aliphatic carbocycles. The second kappa shape index (κ2) is 19.0. The Bertz CT molecular complexity index is 305. The van der Waals surface area contributed by atoms with Crippen LogP contribution in [0.15, 0.2) is 24.3 Å². The van der Waals surface area contributed by atoms with E-state index >= 15 is 0 Å².